The van der Waals surface area contributed by atoms with E-state index >= 15 is 0 Å². The van der Waals surface area contributed by atoms with Crippen molar-refractivity contribution in [1.82, 2.24) is 9.78 Å². The second-order valence-electron chi connectivity index (χ2n) is 5.30. The van der Waals surface area contributed by atoms with Gasteiger partial charge in [0.05, 0.1) is 11.7 Å². The number of hydrogen-bond acceptors (Lipinski definition) is 1. The van der Waals surface area contributed by atoms with Gasteiger partial charge >= 0.3 is 0 Å². The fourth-order valence-corrected chi connectivity index (χ4v) is 3.20. The van der Waals surface area contributed by atoms with E-state index in [2.05, 4.69) is 31.5 Å². The topological polar surface area (TPSA) is 17.8 Å². The fraction of sp³-hybridized carbons (Fsp3) is 0.800. The number of nitrogens with zero attached hydrogens (tertiary/aromatic N) is 2. The zero-order valence-electron chi connectivity index (χ0n) is 11.6. The van der Waals surface area contributed by atoms with Gasteiger partial charge in [-0.2, -0.15) is 5.10 Å². The third-order valence-electron chi connectivity index (χ3n) is 4.30. The molecule has 17 heavy (non-hydrogen) atoms. The van der Waals surface area contributed by atoms with Crippen molar-refractivity contribution in [2.24, 2.45) is 5.92 Å². The molecule has 2 unspecified atom stereocenters. The predicted octanol–water partition coefficient (Wildman–Crippen LogP) is 4.15. The molecule has 0 aromatic carbocycles. The molecule has 2 heteroatoms. The van der Waals surface area contributed by atoms with Gasteiger partial charge in [0.25, 0.3) is 0 Å². The predicted molar refractivity (Wildman–Crippen MR) is 72.3 cm³/mol. The van der Waals surface area contributed by atoms with E-state index in [1.165, 1.54) is 43.5 Å². The van der Waals surface area contributed by atoms with Gasteiger partial charge in [0.2, 0.25) is 0 Å². The maximum Gasteiger partial charge on any atom is 0.0624 e. The van der Waals surface area contributed by atoms with Crippen molar-refractivity contribution in [2.45, 2.75) is 71.8 Å². The van der Waals surface area contributed by atoms with Crippen LogP contribution in [-0.4, -0.2) is 9.78 Å². The van der Waals surface area contributed by atoms with Gasteiger partial charge in [0.15, 0.2) is 0 Å². The molecular weight excluding hydrogens is 208 g/mol. The highest BCUT2D eigenvalue weighted by Crippen LogP contribution is 2.36. The summed E-state index contributed by atoms with van der Waals surface area (Å²) in [7, 11) is 0. The first-order chi connectivity index (χ1) is 8.30. The van der Waals surface area contributed by atoms with Crippen LogP contribution < -0.4 is 0 Å². The highest BCUT2D eigenvalue weighted by atomic mass is 15.3. The van der Waals surface area contributed by atoms with Crippen LogP contribution in [0, 0.1) is 5.92 Å². The Labute approximate surface area is 105 Å². The normalized spacial score (nSPS) is 25.1. The lowest BCUT2D eigenvalue weighted by Gasteiger charge is -2.32. The van der Waals surface area contributed by atoms with Gasteiger partial charge in [-0.1, -0.05) is 40.0 Å². The molecule has 96 valence electrons. The first-order valence-corrected chi connectivity index (χ1v) is 7.37. The molecule has 0 bridgehead atoms. The van der Waals surface area contributed by atoms with Crippen LogP contribution in [0.1, 0.15) is 70.3 Å². The van der Waals surface area contributed by atoms with E-state index < -0.39 is 0 Å². The van der Waals surface area contributed by atoms with E-state index in [4.69, 9.17) is 5.10 Å². The molecule has 1 saturated carbocycles. The van der Waals surface area contributed by atoms with Crippen LogP contribution in [0.15, 0.2) is 6.07 Å². The molecule has 0 spiro atoms. The van der Waals surface area contributed by atoms with Crippen molar-refractivity contribution >= 4 is 0 Å². The second kappa shape index (κ2) is 5.70. The summed E-state index contributed by atoms with van der Waals surface area (Å²) in [6, 6.07) is 2.98. The van der Waals surface area contributed by atoms with Crippen molar-refractivity contribution in [3.63, 3.8) is 0 Å². The lowest BCUT2D eigenvalue weighted by atomic mass is 9.83. The molecule has 0 saturated heterocycles. The zero-order valence-corrected chi connectivity index (χ0v) is 11.6. The quantitative estimate of drug-likeness (QED) is 0.765. The molecule has 2 rings (SSSR count). The van der Waals surface area contributed by atoms with E-state index in [0.29, 0.717) is 6.04 Å². The Kier molecular flexibility index (Phi) is 4.25. The van der Waals surface area contributed by atoms with Crippen LogP contribution in [0.4, 0.5) is 0 Å². The molecule has 2 atom stereocenters. The summed E-state index contributed by atoms with van der Waals surface area (Å²) in [5.41, 5.74) is 2.70. The van der Waals surface area contributed by atoms with E-state index in [9.17, 15) is 0 Å². The molecule has 1 aromatic rings. The number of aromatic nitrogens is 2. The SMILES string of the molecule is CCc1cc(CC)n(C2CCCCC2CC)n1. The number of rotatable bonds is 4. The summed E-state index contributed by atoms with van der Waals surface area (Å²) in [4.78, 5) is 0. The van der Waals surface area contributed by atoms with Gasteiger partial charge in [-0.3, -0.25) is 4.68 Å². The number of aryl methyl sites for hydroxylation is 2. The van der Waals surface area contributed by atoms with E-state index in [1.807, 2.05) is 0 Å². The smallest absolute Gasteiger partial charge is 0.0624 e. The van der Waals surface area contributed by atoms with Gasteiger partial charge in [-0.25, -0.2) is 0 Å². The van der Waals surface area contributed by atoms with Crippen LogP contribution in [0.2, 0.25) is 0 Å². The summed E-state index contributed by atoms with van der Waals surface area (Å²) >= 11 is 0. The summed E-state index contributed by atoms with van der Waals surface area (Å²) < 4.78 is 2.37. The Morgan fingerprint density at radius 1 is 1.18 bits per heavy atom. The van der Waals surface area contributed by atoms with Crippen molar-refractivity contribution in [3.05, 3.63) is 17.5 Å². The monoisotopic (exact) mass is 234 g/mol. The van der Waals surface area contributed by atoms with Crippen LogP contribution >= 0.6 is 0 Å². The van der Waals surface area contributed by atoms with Crippen molar-refractivity contribution < 1.29 is 0 Å². The minimum Gasteiger partial charge on any atom is -0.266 e. The van der Waals surface area contributed by atoms with E-state index in [0.717, 1.165) is 18.8 Å². The van der Waals surface area contributed by atoms with Crippen molar-refractivity contribution in [1.29, 1.82) is 0 Å². The highest BCUT2D eigenvalue weighted by molar-refractivity contribution is 5.11. The van der Waals surface area contributed by atoms with Gasteiger partial charge in [-0.15, -0.1) is 0 Å². The average Bonchev–Trinajstić information content (AvgIpc) is 2.81. The van der Waals surface area contributed by atoms with Crippen LogP contribution in [0.5, 0.6) is 0 Å². The molecule has 1 fully saturated rings. The average molecular weight is 234 g/mol. The molecule has 0 amide bonds. The van der Waals surface area contributed by atoms with Gasteiger partial charge in [0.1, 0.15) is 0 Å². The summed E-state index contributed by atoms with van der Waals surface area (Å²) in [5.74, 6) is 0.846. The van der Waals surface area contributed by atoms with Crippen LogP contribution in [0.3, 0.4) is 0 Å². The molecule has 0 radical (unpaired) electrons. The summed E-state index contributed by atoms with van der Waals surface area (Å²) in [5, 5.41) is 4.84. The van der Waals surface area contributed by atoms with E-state index in [1.54, 1.807) is 0 Å². The van der Waals surface area contributed by atoms with E-state index in [-0.39, 0.29) is 0 Å². The number of hydrogen-bond donors (Lipinski definition) is 0. The molecule has 0 aliphatic heterocycles. The molecule has 0 N–H and O–H groups in total. The Bertz CT molecular complexity index is 354. The fourth-order valence-electron chi connectivity index (χ4n) is 3.20. The van der Waals surface area contributed by atoms with Crippen LogP contribution in [-0.2, 0) is 12.8 Å². The van der Waals surface area contributed by atoms with Gasteiger partial charge < -0.3 is 0 Å². The summed E-state index contributed by atoms with van der Waals surface area (Å²) in [6.07, 6.45) is 8.99. The maximum absolute atomic E-state index is 4.84. The van der Waals surface area contributed by atoms with Gasteiger partial charge in [-0.05, 0) is 37.7 Å². The first kappa shape index (κ1) is 12.7. The van der Waals surface area contributed by atoms with Crippen molar-refractivity contribution in [2.75, 3.05) is 0 Å². The summed E-state index contributed by atoms with van der Waals surface area (Å²) in [6.45, 7) is 6.78. The largest absolute Gasteiger partial charge is 0.266 e. The lowest BCUT2D eigenvalue weighted by molar-refractivity contribution is 0.213. The Balaban J connectivity index is 2.26. The Morgan fingerprint density at radius 3 is 2.59 bits per heavy atom. The van der Waals surface area contributed by atoms with Crippen molar-refractivity contribution in [3.8, 4) is 0 Å². The highest BCUT2D eigenvalue weighted by Gasteiger charge is 2.27. The van der Waals surface area contributed by atoms with Gasteiger partial charge in [0, 0.05) is 5.69 Å². The first-order valence-electron chi connectivity index (χ1n) is 7.37. The minimum absolute atomic E-state index is 0.670. The molecule has 1 aromatic heterocycles. The third-order valence-corrected chi connectivity index (χ3v) is 4.30. The minimum atomic E-state index is 0.670. The second-order valence-corrected chi connectivity index (χ2v) is 5.30. The molecular formula is C15H26N2. The Hall–Kier alpha value is -0.790. The zero-order chi connectivity index (χ0) is 12.3. The standard InChI is InChI=1S/C15H26N2/c1-4-12-9-7-8-10-15(12)17-14(6-3)11-13(5-2)16-17/h11-12,15H,4-10H2,1-3H3. The lowest BCUT2D eigenvalue weighted by Crippen LogP contribution is -2.25. The molecule has 1 aliphatic rings. The Morgan fingerprint density at radius 2 is 1.94 bits per heavy atom. The maximum atomic E-state index is 4.84. The van der Waals surface area contributed by atoms with Crippen LogP contribution in [0.25, 0.3) is 0 Å². The molecule has 1 heterocycles. The molecule has 1 aliphatic carbocycles. The molecule has 2 nitrogen and oxygen atoms in total. The third kappa shape index (κ3) is 2.56.